The Morgan fingerprint density at radius 2 is 1.76 bits per heavy atom. The number of aryl methyl sites for hydroxylation is 1. The van der Waals surface area contributed by atoms with Crippen molar-refractivity contribution in [2.75, 3.05) is 38.1 Å². The fourth-order valence-corrected chi connectivity index (χ4v) is 4.37. The van der Waals surface area contributed by atoms with Crippen LogP contribution in [0, 0.1) is 0 Å². The van der Waals surface area contributed by atoms with Gasteiger partial charge in [-0.3, -0.25) is 14.5 Å². The van der Waals surface area contributed by atoms with E-state index in [0.29, 0.717) is 6.54 Å². The van der Waals surface area contributed by atoms with Gasteiger partial charge in [0.2, 0.25) is 0 Å². The Bertz CT molecular complexity index is 735. The van der Waals surface area contributed by atoms with Gasteiger partial charge in [-0.05, 0) is 76.7 Å². The van der Waals surface area contributed by atoms with Crippen LogP contribution >= 0.6 is 0 Å². The highest BCUT2D eigenvalue weighted by Gasteiger charge is 2.26. The molecule has 2 amide bonds. The molecule has 6 nitrogen and oxygen atoms in total. The van der Waals surface area contributed by atoms with Crippen LogP contribution < -0.4 is 15.5 Å². The molecule has 160 valence electrons. The predicted octanol–water partition coefficient (Wildman–Crippen LogP) is 2.63. The predicted molar refractivity (Wildman–Crippen MR) is 117 cm³/mol. The number of fused-ring (bicyclic) bond motifs is 1. The first kappa shape index (κ1) is 21.6. The normalized spacial score (nSPS) is 18.7. The van der Waals surface area contributed by atoms with Crippen molar-refractivity contribution < 1.29 is 9.59 Å². The summed E-state index contributed by atoms with van der Waals surface area (Å²) in [7, 11) is 2.15. The first-order chi connectivity index (χ1) is 13.7. The van der Waals surface area contributed by atoms with Crippen molar-refractivity contribution in [3.05, 3.63) is 29.3 Å². The van der Waals surface area contributed by atoms with Crippen molar-refractivity contribution in [3.8, 4) is 0 Å². The van der Waals surface area contributed by atoms with E-state index < -0.39 is 17.4 Å². The quantitative estimate of drug-likeness (QED) is 0.763. The van der Waals surface area contributed by atoms with Gasteiger partial charge in [-0.25, -0.2) is 0 Å². The molecule has 1 atom stereocenters. The fraction of sp³-hybridized carbons (Fsp3) is 0.652. The van der Waals surface area contributed by atoms with Gasteiger partial charge in [0.15, 0.2) is 0 Å². The number of benzene rings is 1. The Balaban J connectivity index is 1.75. The third-order valence-electron chi connectivity index (χ3n) is 5.82. The summed E-state index contributed by atoms with van der Waals surface area (Å²) in [6, 6.07) is 6.82. The maximum atomic E-state index is 12.4. The maximum absolute atomic E-state index is 12.4. The summed E-state index contributed by atoms with van der Waals surface area (Å²) >= 11 is 0. The number of hydrogen-bond donors (Lipinski definition) is 2. The Morgan fingerprint density at radius 3 is 2.45 bits per heavy atom. The zero-order valence-corrected chi connectivity index (χ0v) is 18.4. The topological polar surface area (TPSA) is 64.7 Å². The highest BCUT2D eigenvalue weighted by atomic mass is 16.2. The average Bonchev–Trinajstić information content (AvgIpc) is 2.67. The van der Waals surface area contributed by atoms with Gasteiger partial charge in [-0.15, -0.1) is 0 Å². The van der Waals surface area contributed by atoms with Gasteiger partial charge < -0.3 is 15.5 Å². The Morgan fingerprint density at radius 1 is 1.03 bits per heavy atom. The third-order valence-corrected chi connectivity index (χ3v) is 5.82. The molecule has 2 aliphatic rings. The molecule has 29 heavy (non-hydrogen) atoms. The molecule has 1 fully saturated rings. The van der Waals surface area contributed by atoms with E-state index in [1.54, 1.807) is 0 Å². The van der Waals surface area contributed by atoms with Gasteiger partial charge in [-0.1, -0.05) is 18.6 Å². The molecule has 2 aliphatic heterocycles. The lowest BCUT2D eigenvalue weighted by Gasteiger charge is -2.36. The van der Waals surface area contributed by atoms with Gasteiger partial charge in [0.05, 0.1) is 6.04 Å². The number of likely N-dealkylation sites (tertiary alicyclic amines) is 1. The summed E-state index contributed by atoms with van der Waals surface area (Å²) in [5, 5.41) is 5.62. The number of hydrogen-bond acceptors (Lipinski definition) is 4. The number of carbonyl (C=O) groups excluding carboxylic acids is 2. The van der Waals surface area contributed by atoms with E-state index >= 15 is 0 Å². The lowest BCUT2D eigenvalue weighted by Crippen LogP contribution is -2.50. The summed E-state index contributed by atoms with van der Waals surface area (Å²) < 4.78 is 0. The monoisotopic (exact) mass is 400 g/mol. The van der Waals surface area contributed by atoms with Crippen LogP contribution in [0.2, 0.25) is 0 Å². The van der Waals surface area contributed by atoms with Crippen molar-refractivity contribution >= 4 is 17.5 Å². The first-order valence-corrected chi connectivity index (χ1v) is 10.9. The van der Waals surface area contributed by atoms with Crippen molar-refractivity contribution in [1.82, 2.24) is 15.5 Å². The highest BCUT2D eigenvalue weighted by Crippen LogP contribution is 2.31. The molecule has 6 heteroatoms. The molecule has 0 aliphatic carbocycles. The minimum Gasteiger partial charge on any atom is -0.374 e. The first-order valence-electron chi connectivity index (χ1n) is 10.9. The molecule has 0 saturated carbocycles. The van der Waals surface area contributed by atoms with E-state index in [-0.39, 0.29) is 6.04 Å². The van der Waals surface area contributed by atoms with Gasteiger partial charge >= 0.3 is 11.8 Å². The Labute approximate surface area is 175 Å². The zero-order chi connectivity index (χ0) is 21.0. The van der Waals surface area contributed by atoms with Crippen LogP contribution in [0.3, 0.4) is 0 Å². The second-order valence-corrected chi connectivity index (χ2v) is 9.44. The van der Waals surface area contributed by atoms with Crippen LogP contribution in [0.25, 0.3) is 0 Å². The molecule has 0 spiro atoms. The summed E-state index contributed by atoms with van der Waals surface area (Å²) in [6.45, 7) is 9.24. The number of anilines is 1. The van der Waals surface area contributed by atoms with Gasteiger partial charge in [-0.2, -0.15) is 0 Å². The third kappa shape index (κ3) is 5.72. The minimum absolute atomic E-state index is 0.0965. The lowest BCUT2D eigenvalue weighted by atomic mass is 9.95. The van der Waals surface area contributed by atoms with Crippen LogP contribution in [0.15, 0.2) is 18.2 Å². The second kappa shape index (κ2) is 9.16. The Kier molecular flexibility index (Phi) is 6.83. The van der Waals surface area contributed by atoms with Crippen molar-refractivity contribution in [1.29, 1.82) is 0 Å². The van der Waals surface area contributed by atoms with Crippen LogP contribution in [-0.4, -0.2) is 55.5 Å². The number of nitrogens with one attached hydrogen (secondary N) is 2. The number of nitrogens with zero attached hydrogens (tertiary/aromatic N) is 2. The summed E-state index contributed by atoms with van der Waals surface area (Å²) in [5.74, 6) is -1.12. The van der Waals surface area contributed by atoms with E-state index in [9.17, 15) is 9.59 Å². The van der Waals surface area contributed by atoms with E-state index in [4.69, 9.17) is 0 Å². The van der Waals surface area contributed by atoms with Crippen molar-refractivity contribution in [3.63, 3.8) is 0 Å². The molecule has 1 aromatic carbocycles. The molecular formula is C23H36N4O2. The standard InChI is InChI=1S/C23H36N4O2/c1-23(2,3)25-22(29)21(28)24-16-20(27-13-6-5-7-14-27)18-10-11-19-17(15-18)9-8-12-26(19)4/h10-11,15,20H,5-9,12-14,16H2,1-4H3,(H,24,28)(H,25,29)/t20-/m1/s1. The minimum atomic E-state index is -0.568. The molecular weight excluding hydrogens is 364 g/mol. The van der Waals surface area contributed by atoms with Crippen molar-refractivity contribution in [2.24, 2.45) is 0 Å². The number of amides is 2. The molecule has 2 N–H and O–H groups in total. The maximum Gasteiger partial charge on any atom is 0.309 e. The number of rotatable bonds is 4. The van der Waals surface area contributed by atoms with Gasteiger partial charge in [0.1, 0.15) is 0 Å². The average molecular weight is 401 g/mol. The molecule has 0 aromatic heterocycles. The molecule has 0 unspecified atom stereocenters. The van der Waals surface area contributed by atoms with Crippen molar-refractivity contribution in [2.45, 2.75) is 64.5 Å². The molecule has 2 heterocycles. The number of piperidine rings is 1. The summed E-state index contributed by atoms with van der Waals surface area (Å²) in [6.07, 6.45) is 5.90. The van der Waals surface area contributed by atoms with Crippen LogP contribution in [0.5, 0.6) is 0 Å². The largest absolute Gasteiger partial charge is 0.374 e. The molecule has 1 aromatic rings. The zero-order valence-electron chi connectivity index (χ0n) is 18.4. The Hall–Kier alpha value is -2.08. The fourth-order valence-electron chi connectivity index (χ4n) is 4.37. The second-order valence-electron chi connectivity index (χ2n) is 9.44. The smallest absolute Gasteiger partial charge is 0.309 e. The molecule has 3 rings (SSSR count). The molecule has 0 radical (unpaired) electrons. The van der Waals surface area contributed by atoms with Crippen LogP contribution in [0.4, 0.5) is 5.69 Å². The lowest BCUT2D eigenvalue weighted by molar-refractivity contribution is -0.140. The SMILES string of the molecule is CN1CCCc2cc([C@@H](CNC(=O)C(=O)NC(C)(C)C)N3CCCCC3)ccc21. The van der Waals surface area contributed by atoms with E-state index in [2.05, 4.69) is 45.7 Å². The van der Waals surface area contributed by atoms with E-state index in [0.717, 1.165) is 26.1 Å². The van der Waals surface area contributed by atoms with E-state index in [1.807, 2.05) is 20.8 Å². The summed E-state index contributed by atoms with van der Waals surface area (Å²) in [4.78, 5) is 29.3. The van der Waals surface area contributed by atoms with Crippen LogP contribution in [0.1, 0.15) is 63.6 Å². The summed E-state index contributed by atoms with van der Waals surface area (Å²) in [5.41, 5.74) is 3.50. The van der Waals surface area contributed by atoms with Crippen LogP contribution in [-0.2, 0) is 16.0 Å². The molecule has 1 saturated heterocycles. The molecule has 0 bridgehead atoms. The van der Waals surface area contributed by atoms with Gasteiger partial charge in [0.25, 0.3) is 0 Å². The highest BCUT2D eigenvalue weighted by molar-refractivity contribution is 6.35. The van der Waals surface area contributed by atoms with Gasteiger partial charge in [0, 0.05) is 31.4 Å². The number of carbonyl (C=O) groups is 2. The van der Waals surface area contributed by atoms with E-state index in [1.165, 1.54) is 42.5 Å².